The highest BCUT2D eigenvalue weighted by Gasteiger charge is 2.29. The maximum Gasteiger partial charge on any atom is 0.225 e. The lowest BCUT2D eigenvalue weighted by atomic mass is 10.1. The molecule has 0 unspecified atom stereocenters. The van der Waals surface area contributed by atoms with Crippen LogP contribution < -0.4 is 0 Å². The maximum absolute atomic E-state index is 13.7. The molecule has 2 aliphatic rings. The van der Waals surface area contributed by atoms with Crippen LogP contribution in [0.25, 0.3) is 0 Å². The van der Waals surface area contributed by atoms with Gasteiger partial charge in [0.15, 0.2) is 0 Å². The molecule has 1 aliphatic heterocycles. The molecule has 1 aromatic carbocycles. The molecule has 0 aromatic heterocycles. The van der Waals surface area contributed by atoms with Crippen molar-refractivity contribution in [2.24, 2.45) is 5.92 Å². The van der Waals surface area contributed by atoms with E-state index >= 15 is 0 Å². The lowest BCUT2D eigenvalue weighted by Gasteiger charge is -2.24. The van der Waals surface area contributed by atoms with E-state index in [0.717, 1.165) is 38.6 Å². The molecule has 0 N–H and O–H groups in total. The van der Waals surface area contributed by atoms with Gasteiger partial charge in [-0.15, -0.1) is 0 Å². The molecule has 1 saturated carbocycles. The van der Waals surface area contributed by atoms with Crippen LogP contribution in [0, 0.1) is 11.7 Å². The van der Waals surface area contributed by atoms with Crippen LogP contribution in [-0.4, -0.2) is 47.8 Å². The van der Waals surface area contributed by atoms with Crippen molar-refractivity contribution in [3.8, 4) is 0 Å². The minimum Gasteiger partial charge on any atom is -0.341 e. The number of benzene rings is 1. The fraction of sp³-hybridized carbons (Fsp3) is 0.600. The van der Waals surface area contributed by atoms with Gasteiger partial charge in [-0.05, 0) is 37.3 Å². The maximum atomic E-state index is 13.7. The molecule has 1 aliphatic carbocycles. The van der Waals surface area contributed by atoms with Crippen LogP contribution in [0.5, 0.6) is 0 Å². The number of carbonyl (C=O) groups excluding carboxylic acids is 2. The van der Waals surface area contributed by atoms with Gasteiger partial charge in [0.05, 0.1) is 0 Å². The predicted octanol–water partition coefficient (Wildman–Crippen LogP) is 3.01. The number of hydrogen-bond donors (Lipinski definition) is 0. The van der Waals surface area contributed by atoms with Gasteiger partial charge in [0.2, 0.25) is 11.8 Å². The highest BCUT2D eigenvalue weighted by atomic mass is 19.1. The topological polar surface area (TPSA) is 40.6 Å². The van der Waals surface area contributed by atoms with Crippen molar-refractivity contribution in [3.63, 3.8) is 0 Å². The lowest BCUT2D eigenvalue weighted by molar-refractivity contribution is -0.136. The Morgan fingerprint density at radius 3 is 2.40 bits per heavy atom. The van der Waals surface area contributed by atoms with Crippen molar-refractivity contribution in [1.29, 1.82) is 0 Å². The molecule has 2 fully saturated rings. The first-order chi connectivity index (χ1) is 12.1. The third-order valence-corrected chi connectivity index (χ3v) is 5.43. The molecule has 0 atom stereocenters. The highest BCUT2D eigenvalue weighted by molar-refractivity contribution is 5.79. The Hall–Kier alpha value is -1.91. The third-order valence-electron chi connectivity index (χ3n) is 5.43. The van der Waals surface area contributed by atoms with Crippen LogP contribution in [-0.2, 0) is 16.0 Å². The predicted molar refractivity (Wildman–Crippen MR) is 94.5 cm³/mol. The van der Waals surface area contributed by atoms with Crippen molar-refractivity contribution < 1.29 is 14.0 Å². The van der Waals surface area contributed by atoms with Crippen molar-refractivity contribution in [2.75, 3.05) is 26.2 Å². The standard InChI is InChI=1S/C20H27FN2O2/c21-18-9-4-3-6-16(18)10-11-19(24)22-12-5-13-23(15-14-22)20(25)17-7-1-2-8-17/h3-4,6,9,17H,1-2,5,7-8,10-15H2. The quantitative estimate of drug-likeness (QED) is 0.841. The van der Waals surface area contributed by atoms with Crippen LogP contribution in [0.15, 0.2) is 24.3 Å². The summed E-state index contributed by atoms with van der Waals surface area (Å²) in [5.74, 6) is 0.277. The van der Waals surface area contributed by atoms with Gasteiger partial charge in [-0.1, -0.05) is 31.0 Å². The fourth-order valence-corrected chi connectivity index (χ4v) is 3.92. The Bertz CT molecular complexity index is 613. The van der Waals surface area contributed by atoms with E-state index in [0.29, 0.717) is 38.0 Å². The lowest BCUT2D eigenvalue weighted by Crippen LogP contribution is -2.39. The van der Waals surface area contributed by atoms with Crippen LogP contribution >= 0.6 is 0 Å². The third kappa shape index (κ3) is 4.59. The SMILES string of the molecule is O=C(CCc1ccccc1F)N1CCCN(C(=O)C2CCCC2)CC1. The summed E-state index contributed by atoms with van der Waals surface area (Å²) >= 11 is 0. The molecular weight excluding hydrogens is 319 g/mol. The number of hydrogen-bond acceptors (Lipinski definition) is 2. The molecule has 25 heavy (non-hydrogen) atoms. The summed E-state index contributed by atoms with van der Waals surface area (Å²) in [6.45, 7) is 2.65. The number of carbonyl (C=O) groups is 2. The summed E-state index contributed by atoms with van der Waals surface area (Å²) in [6, 6.07) is 6.61. The number of nitrogens with zero attached hydrogens (tertiary/aromatic N) is 2. The number of halogens is 1. The Morgan fingerprint density at radius 1 is 0.960 bits per heavy atom. The fourth-order valence-electron chi connectivity index (χ4n) is 3.92. The zero-order valence-corrected chi connectivity index (χ0v) is 14.8. The Labute approximate surface area is 149 Å². The second-order valence-corrected chi connectivity index (χ2v) is 7.13. The van der Waals surface area contributed by atoms with Gasteiger partial charge in [0.1, 0.15) is 5.82 Å². The molecule has 2 amide bonds. The average molecular weight is 346 g/mol. The molecule has 0 spiro atoms. The molecule has 4 nitrogen and oxygen atoms in total. The molecule has 1 heterocycles. The zero-order valence-electron chi connectivity index (χ0n) is 14.8. The highest BCUT2D eigenvalue weighted by Crippen LogP contribution is 2.27. The van der Waals surface area contributed by atoms with Crippen molar-refractivity contribution in [2.45, 2.75) is 44.9 Å². The summed E-state index contributed by atoms with van der Waals surface area (Å²) in [4.78, 5) is 28.8. The molecular formula is C20H27FN2O2. The smallest absolute Gasteiger partial charge is 0.225 e. The van der Waals surface area contributed by atoms with Gasteiger partial charge in [-0.2, -0.15) is 0 Å². The van der Waals surface area contributed by atoms with E-state index in [1.165, 1.54) is 6.07 Å². The first kappa shape index (κ1) is 17.9. The first-order valence-electron chi connectivity index (χ1n) is 9.45. The van der Waals surface area contributed by atoms with Gasteiger partial charge >= 0.3 is 0 Å². The van der Waals surface area contributed by atoms with Gasteiger partial charge < -0.3 is 9.80 Å². The van der Waals surface area contributed by atoms with E-state index in [9.17, 15) is 14.0 Å². The van der Waals surface area contributed by atoms with Gasteiger partial charge in [0.25, 0.3) is 0 Å². The largest absolute Gasteiger partial charge is 0.341 e. The second kappa shape index (κ2) is 8.45. The minimum atomic E-state index is -0.250. The van der Waals surface area contributed by atoms with E-state index in [2.05, 4.69) is 0 Å². The minimum absolute atomic E-state index is 0.0541. The van der Waals surface area contributed by atoms with E-state index in [1.807, 2.05) is 9.80 Å². The van der Waals surface area contributed by atoms with Gasteiger partial charge in [-0.25, -0.2) is 4.39 Å². The summed E-state index contributed by atoms with van der Waals surface area (Å²) in [5, 5.41) is 0. The summed E-state index contributed by atoms with van der Waals surface area (Å²) < 4.78 is 13.7. The van der Waals surface area contributed by atoms with E-state index < -0.39 is 0 Å². The van der Waals surface area contributed by atoms with Crippen LogP contribution in [0.2, 0.25) is 0 Å². The molecule has 1 aromatic rings. The van der Waals surface area contributed by atoms with Crippen LogP contribution in [0.1, 0.15) is 44.1 Å². The van der Waals surface area contributed by atoms with Crippen LogP contribution in [0.4, 0.5) is 4.39 Å². The van der Waals surface area contributed by atoms with E-state index in [-0.39, 0.29) is 23.5 Å². The molecule has 3 rings (SSSR count). The Balaban J connectivity index is 1.49. The zero-order chi connectivity index (χ0) is 17.6. The molecule has 1 saturated heterocycles. The number of amides is 2. The van der Waals surface area contributed by atoms with E-state index in [1.54, 1.807) is 18.2 Å². The summed E-state index contributed by atoms with van der Waals surface area (Å²) in [7, 11) is 0. The molecule has 0 radical (unpaired) electrons. The van der Waals surface area contributed by atoms with Crippen molar-refractivity contribution in [1.82, 2.24) is 9.80 Å². The summed E-state index contributed by atoms with van der Waals surface area (Å²) in [6.07, 6.45) is 5.91. The monoisotopic (exact) mass is 346 g/mol. The van der Waals surface area contributed by atoms with Crippen molar-refractivity contribution >= 4 is 11.8 Å². The van der Waals surface area contributed by atoms with Crippen molar-refractivity contribution in [3.05, 3.63) is 35.6 Å². The normalized spacial score (nSPS) is 19.1. The first-order valence-corrected chi connectivity index (χ1v) is 9.45. The van der Waals surface area contributed by atoms with Crippen LogP contribution in [0.3, 0.4) is 0 Å². The second-order valence-electron chi connectivity index (χ2n) is 7.13. The molecule has 0 bridgehead atoms. The molecule has 136 valence electrons. The van der Waals surface area contributed by atoms with Gasteiger partial charge in [-0.3, -0.25) is 9.59 Å². The van der Waals surface area contributed by atoms with E-state index in [4.69, 9.17) is 0 Å². The summed E-state index contributed by atoms with van der Waals surface area (Å²) in [5.41, 5.74) is 0.587. The average Bonchev–Trinajstić information content (AvgIpc) is 3.04. The molecule has 5 heteroatoms. The number of aryl methyl sites for hydroxylation is 1. The Morgan fingerprint density at radius 2 is 1.64 bits per heavy atom. The Kier molecular flexibility index (Phi) is 6.05. The van der Waals surface area contributed by atoms with Gasteiger partial charge in [0, 0.05) is 38.5 Å². The number of rotatable bonds is 4.